The van der Waals surface area contributed by atoms with Crippen LogP contribution in [0.5, 0.6) is 0 Å². The Hall–Kier alpha value is -2.75. The summed E-state index contributed by atoms with van der Waals surface area (Å²) in [6.07, 6.45) is 0. The SMILES string of the molecule is Cc1cccc(-n2nnnc2SC(C)c2nc(N)nc(N(C)C)n2)c1. The number of nitrogens with two attached hydrogens (primary N) is 1. The van der Waals surface area contributed by atoms with Crippen LogP contribution in [0.1, 0.15) is 23.6 Å². The maximum Gasteiger partial charge on any atom is 0.229 e. The molecule has 0 saturated carbocycles. The highest BCUT2D eigenvalue weighted by Crippen LogP contribution is 2.33. The van der Waals surface area contributed by atoms with Crippen LogP contribution in [0.4, 0.5) is 11.9 Å². The summed E-state index contributed by atoms with van der Waals surface area (Å²) in [5, 5.41) is 12.6. The fourth-order valence-corrected chi connectivity index (χ4v) is 3.02. The monoisotopic (exact) mass is 357 g/mol. The lowest BCUT2D eigenvalue weighted by molar-refractivity contribution is 0.753. The van der Waals surface area contributed by atoms with Crippen molar-refractivity contribution in [2.75, 3.05) is 24.7 Å². The smallest absolute Gasteiger partial charge is 0.229 e. The fourth-order valence-electron chi connectivity index (χ4n) is 2.16. The van der Waals surface area contributed by atoms with E-state index in [9.17, 15) is 0 Å². The van der Waals surface area contributed by atoms with Gasteiger partial charge in [0.2, 0.25) is 17.1 Å². The van der Waals surface area contributed by atoms with E-state index in [0.29, 0.717) is 16.9 Å². The molecule has 1 aromatic carbocycles. The summed E-state index contributed by atoms with van der Waals surface area (Å²) >= 11 is 1.46. The predicted octanol–water partition coefficient (Wildman–Crippen LogP) is 1.66. The van der Waals surface area contributed by atoms with E-state index in [0.717, 1.165) is 11.3 Å². The second kappa shape index (κ2) is 7.01. The highest BCUT2D eigenvalue weighted by molar-refractivity contribution is 7.99. The van der Waals surface area contributed by atoms with Gasteiger partial charge in [0.15, 0.2) is 0 Å². The van der Waals surface area contributed by atoms with Gasteiger partial charge in [-0.05, 0) is 42.0 Å². The van der Waals surface area contributed by atoms with E-state index in [2.05, 4.69) is 30.5 Å². The summed E-state index contributed by atoms with van der Waals surface area (Å²) in [7, 11) is 3.71. The number of benzene rings is 1. The largest absolute Gasteiger partial charge is 0.368 e. The molecule has 130 valence electrons. The van der Waals surface area contributed by atoms with Gasteiger partial charge in [-0.2, -0.15) is 19.6 Å². The second-order valence-electron chi connectivity index (χ2n) is 5.72. The van der Waals surface area contributed by atoms with E-state index in [1.54, 1.807) is 9.58 Å². The minimum atomic E-state index is -0.0986. The van der Waals surface area contributed by atoms with E-state index >= 15 is 0 Å². The third kappa shape index (κ3) is 3.85. The van der Waals surface area contributed by atoms with Gasteiger partial charge in [0, 0.05) is 14.1 Å². The molecule has 0 amide bonds. The molecule has 0 saturated heterocycles. The zero-order chi connectivity index (χ0) is 18.0. The molecule has 0 aliphatic heterocycles. The van der Waals surface area contributed by atoms with Crippen LogP contribution in [-0.4, -0.2) is 49.3 Å². The molecule has 10 heteroatoms. The van der Waals surface area contributed by atoms with Crippen LogP contribution in [0.2, 0.25) is 0 Å². The lowest BCUT2D eigenvalue weighted by Gasteiger charge is -2.14. The Morgan fingerprint density at radius 3 is 2.72 bits per heavy atom. The molecule has 0 bridgehead atoms. The maximum absolute atomic E-state index is 5.80. The van der Waals surface area contributed by atoms with Crippen molar-refractivity contribution in [2.24, 2.45) is 0 Å². The minimum absolute atomic E-state index is 0.0986. The van der Waals surface area contributed by atoms with Crippen LogP contribution in [0.15, 0.2) is 29.4 Å². The van der Waals surface area contributed by atoms with Crippen LogP contribution < -0.4 is 10.6 Å². The van der Waals surface area contributed by atoms with Crippen LogP contribution in [0.3, 0.4) is 0 Å². The Labute approximate surface area is 149 Å². The topological polar surface area (TPSA) is 112 Å². The molecule has 2 aromatic heterocycles. The molecule has 0 spiro atoms. The summed E-state index contributed by atoms with van der Waals surface area (Å²) in [6, 6.07) is 7.99. The first-order valence-corrected chi connectivity index (χ1v) is 8.53. The van der Waals surface area contributed by atoms with Crippen molar-refractivity contribution in [1.82, 2.24) is 35.2 Å². The number of anilines is 2. The Morgan fingerprint density at radius 1 is 1.20 bits per heavy atom. The summed E-state index contributed by atoms with van der Waals surface area (Å²) in [5.41, 5.74) is 7.85. The quantitative estimate of drug-likeness (QED) is 0.681. The average Bonchev–Trinajstić information content (AvgIpc) is 3.02. The van der Waals surface area contributed by atoms with Crippen molar-refractivity contribution in [1.29, 1.82) is 0 Å². The zero-order valence-corrected chi connectivity index (χ0v) is 15.3. The van der Waals surface area contributed by atoms with Crippen LogP contribution in [0, 0.1) is 6.92 Å². The molecule has 25 heavy (non-hydrogen) atoms. The van der Waals surface area contributed by atoms with Gasteiger partial charge in [-0.15, -0.1) is 5.10 Å². The first-order chi connectivity index (χ1) is 11.9. The summed E-state index contributed by atoms with van der Waals surface area (Å²) in [6.45, 7) is 4.01. The molecular formula is C15H19N9S. The molecule has 2 heterocycles. The summed E-state index contributed by atoms with van der Waals surface area (Å²) < 4.78 is 1.70. The highest BCUT2D eigenvalue weighted by Gasteiger charge is 2.19. The summed E-state index contributed by atoms with van der Waals surface area (Å²) in [5.74, 6) is 1.30. The molecule has 0 aliphatic carbocycles. The molecule has 0 aliphatic rings. The van der Waals surface area contributed by atoms with E-state index < -0.39 is 0 Å². The number of nitrogen functional groups attached to an aromatic ring is 1. The maximum atomic E-state index is 5.80. The lowest BCUT2D eigenvalue weighted by atomic mass is 10.2. The molecule has 2 N–H and O–H groups in total. The second-order valence-corrected chi connectivity index (χ2v) is 7.03. The minimum Gasteiger partial charge on any atom is -0.368 e. The fraction of sp³-hybridized carbons (Fsp3) is 0.333. The number of thioether (sulfide) groups is 1. The Balaban J connectivity index is 1.88. The lowest BCUT2D eigenvalue weighted by Crippen LogP contribution is -2.16. The number of rotatable bonds is 5. The van der Waals surface area contributed by atoms with Crippen LogP contribution in [0.25, 0.3) is 5.69 Å². The van der Waals surface area contributed by atoms with E-state index in [4.69, 9.17) is 5.73 Å². The number of hydrogen-bond donors (Lipinski definition) is 1. The number of tetrazole rings is 1. The van der Waals surface area contributed by atoms with Crippen LogP contribution in [-0.2, 0) is 0 Å². The van der Waals surface area contributed by atoms with Gasteiger partial charge < -0.3 is 10.6 Å². The third-order valence-electron chi connectivity index (χ3n) is 3.39. The molecule has 0 radical (unpaired) electrons. The molecule has 3 rings (SSSR count). The van der Waals surface area contributed by atoms with Crippen molar-refractivity contribution in [3.8, 4) is 5.69 Å². The molecule has 1 unspecified atom stereocenters. The number of aryl methyl sites for hydroxylation is 1. The van der Waals surface area contributed by atoms with Gasteiger partial charge in [0.25, 0.3) is 0 Å². The van der Waals surface area contributed by atoms with Gasteiger partial charge in [-0.1, -0.05) is 23.9 Å². The third-order valence-corrected chi connectivity index (χ3v) is 4.42. The van der Waals surface area contributed by atoms with Crippen molar-refractivity contribution < 1.29 is 0 Å². The molecule has 0 fully saturated rings. The number of nitrogens with zero attached hydrogens (tertiary/aromatic N) is 8. The molecule has 3 aromatic rings. The summed E-state index contributed by atoms with van der Waals surface area (Å²) in [4.78, 5) is 14.6. The number of aromatic nitrogens is 7. The van der Waals surface area contributed by atoms with Gasteiger partial charge in [0.05, 0.1) is 10.9 Å². The highest BCUT2D eigenvalue weighted by atomic mass is 32.2. The molecular weight excluding hydrogens is 338 g/mol. The predicted molar refractivity (Wildman–Crippen MR) is 96.7 cm³/mol. The van der Waals surface area contributed by atoms with Crippen LogP contribution >= 0.6 is 11.8 Å². The Bertz CT molecular complexity index is 877. The van der Waals surface area contributed by atoms with Gasteiger partial charge in [0.1, 0.15) is 5.82 Å². The van der Waals surface area contributed by atoms with Crippen molar-refractivity contribution in [3.05, 3.63) is 35.7 Å². The van der Waals surface area contributed by atoms with E-state index in [1.807, 2.05) is 52.2 Å². The Morgan fingerprint density at radius 2 is 2.00 bits per heavy atom. The van der Waals surface area contributed by atoms with Gasteiger partial charge in [-0.3, -0.25) is 0 Å². The first kappa shape index (κ1) is 17.1. The first-order valence-electron chi connectivity index (χ1n) is 7.65. The zero-order valence-electron chi connectivity index (χ0n) is 14.5. The van der Waals surface area contributed by atoms with E-state index in [1.165, 1.54) is 11.8 Å². The van der Waals surface area contributed by atoms with Crippen molar-refractivity contribution >= 4 is 23.7 Å². The molecule has 1 atom stereocenters. The van der Waals surface area contributed by atoms with Crippen molar-refractivity contribution in [2.45, 2.75) is 24.3 Å². The van der Waals surface area contributed by atoms with E-state index in [-0.39, 0.29) is 11.2 Å². The number of hydrogen-bond acceptors (Lipinski definition) is 9. The van der Waals surface area contributed by atoms with Gasteiger partial charge in [-0.25, -0.2) is 0 Å². The van der Waals surface area contributed by atoms with Crippen molar-refractivity contribution in [3.63, 3.8) is 0 Å². The van der Waals surface area contributed by atoms with Gasteiger partial charge >= 0.3 is 0 Å². The standard InChI is InChI=1S/C15H19N9S/c1-9-6-5-7-11(8-9)24-15(20-21-22-24)25-10(2)12-17-13(16)19-14(18-12)23(3)4/h5-8,10H,1-4H3,(H2,16,17,18,19). The molecule has 9 nitrogen and oxygen atoms in total. The Kier molecular flexibility index (Phi) is 4.79. The normalized spacial score (nSPS) is 12.2. The average molecular weight is 357 g/mol.